The van der Waals surface area contributed by atoms with E-state index in [4.69, 9.17) is 0 Å². The van der Waals surface area contributed by atoms with Crippen LogP contribution in [-0.2, 0) is 22.6 Å². The highest BCUT2D eigenvalue weighted by Crippen LogP contribution is 2.32. The average molecular weight is 647 g/mol. The number of piperidine rings is 1. The smallest absolute Gasteiger partial charge is 0.256 e. The van der Waals surface area contributed by atoms with Gasteiger partial charge >= 0.3 is 0 Å². The number of carbonyl (C=O) groups is 4. The summed E-state index contributed by atoms with van der Waals surface area (Å²) in [4.78, 5) is 61.6. The number of pyridine rings is 1. The van der Waals surface area contributed by atoms with Gasteiger partial charge in [-0.15, -0.1) is 0 Å². The zero-order chi connectivity index (χ0) is 33.4. The summed E-state index contributed by atoms with van der Waals surface area (Å²) in [6.07, 6.45) is 6.04. The SMILES string of the molecule is CN1CCC[C@@H]1c1cc2cnc(NC(=O)c3ccc(CCCC#Cc4cccc5c4CN(C4CCC(=O)NC4=O)C5=O)c(F)c3)cc2[nH]1. The fraction of sp³-hybridized carbons (Fsp3) is 0.324. The number of benzene rings is 2. The summed E-state index contributed by atoms with van der Waals surface area (Å²) in [7, 11) is 2.12. The van der Waals surface area contributed by atoms with Crippen LogP contribution in [0.25, 0.3) is 10.9 Å². The number of unbranched alkanes of at least 4 members (excludes halogenated alkanes) is 1. The molecule has 2 aromatic heterocycles. The second-order valence-electron chi connectivity index (χ2n) is 12.7. The number of rotatable bonds is 7. The molecule has 0 spiro atoms. The number of amides is 4. The number of likely N-dealkylation sites (tertiary alicyclic amines) is 1. The first kappa shape index (κ1) is 31.3. The number of hydrogen-bond acceptors (Lipinski definition) is 6. The van der Waals surface area contributed by atoms with Crippen LogP contribution in [0.1, 0.15) is 87.7 Å². The molecule has 3 N–H and O–H groups in total. The van der Waals surface area contributed by atoms with E-state index < -0.39 is 23.7 Å². The van der Waals surface area contributed by atoms with Crippen LogP contribution in [0.2, 0.25) is 0 Å². The first-order valence-corrected chi connectivity index (χ1v) is 16.3. The normalized spacial score (nSPS) is 19.3. The number of H-pyrrole nitrogens is 1. The molecule has 2 saturated heterocycles. The first-order valence-electron chi connectivity index (χ1n) is 16.3. The average Bonchev–Trinajstić information content (AvgIpc) is 3.78. The number of aromatic nitrogens is 2. The second-order valence-corrected chi connectivity index (χ2v) is 12.7. The summed E-state index contributed by atoms with van der Waals surface area (Å²) in [6.45, 7) is 1.32. The Labute approximate surface area is 277 Å². The van der Waals surface area contributed by atoms with Crippen LogP contribution in [-0.4, -0.2) is 63.0 Å². The van der Waals surface area contributed by atoms with Crippen molar-refractivity contribution in [1.29, 1.82) is 0 Å². The third-order valence-corrected chi connectivity index (χ3v) is 9.51. The van der Waals surface area contributed by atoms with E-state index in [9.17, 15) is 19.2 Å². The number of nitrogens with zero attached hydrogens (tertiary/aromatic N) is 3. The molecule has 5 heterocycles. The number of anilines is 1. The quantitative estimate of drug-likeness (QED) is 0.150. The van der Waals surface area contributed by atoms with E-state index >= 15 is 4.39 Å². The molecule has 2 aromatic carbocycles. The largest absolute Gasteiger partial charge is 0.357 e. The van der Waals surface area contributed by atoms with Crippen molar-refractivity contribution in [2.45, 2.75) is 63.6 Å². The lowest BCUT2D eigenvalue weighted by Gasteiger charge is -2.29. The minimum Gasteiger partial charge on any atom is -0.357 e. The van der Waals surface area contributed by atoms with Gasteiger partial charge in [0.25, 0.3) is 11.8 Å². The van der Waals surface area contributed by atoms with Gasteiger partial charge in [0, 0.05) is 65.5 Å². The number of carbonyl (C=O) groups excluding carboxylic acids is 4. The van der Waals surface area contributed by atoms with Gasteiger partial charge in [-0.25, -0.2) is 9.37 Å². The van der Waals surface area contributed by atoms with Gasteiger partial charge < -0.3 is 15.2 Å². The van der Waals surface area contributed by atoms with E-state index in [1.165, 1.54) is 11.0 Å². The summed E-state index contributed by atoms with van der Waals surface area (Å²) in [5.74, 6) is 4.75. The molecule has 2 fully saturated rings. The van der Waals surface area contributed by atoms with Gasteiger partial charge in [-0.3, -0.25) is 29.4 Å². The highest BCUT2D eigenvalue weighted by molar-refractivity contribution is 6.06. The van der Waals surface area contributed by atoms with Crippen molar-refractivity contribution in [1.82, 2.24) is 25.1 Å². The highest BCUT2D eigenvalue weighted by Gasteiger charge is 2.39. The lowest BCUT2D eigenvalue weighted by atomic mass is 10.0. The van der Waals surface area contributed by atoms with Gasteiger partial charge in [0.15, 0.2) is 0 Å². The molecule has 0 saturated carbocycles. The first-order chi connectivity index (χ1) is 23.2. The number of hydrogen-bond donors (Lipinski definition) is 3. The van der Waals surface area contributed by atoms with E-state index in [2.05, 4.69) is 50.5 Å². The van der Waals surface area contributed by atoms with Crippen LogP contribution >= 0.6 is 0 Å². The van der Waals surface area contributed by atoms with E-state index in [-0.39, 0.29) is 30.3 Å². The fourth-order valence-electron chi connectivity index (χ4n) is 6.91. The summed E-state index contributed by atoms with van der Waals surface area (Å²) < 4.78 is 15.0. The van der Waals surface area contributed by atoms with Crippen LogP contribution in [0, 0.1) is 17.7 Å². The van der Waals surface area contributed by atoms with Gasteiger partial charge in [-0.2, -0.15) is 0 Å². The third-order valence-electron chi connectivity index (χ3n) is 9.51. The minimum atomic E-state index is -0.682. The monoisotopic (exact) mass is 646 g/mol. The van der Waals surface area contributed by atoms with Gasteiger partial charge in [0.05, 0.1) is 5.52 Å². The Kier molecular flexibility index (Phi) is 8.50. The summed E-state index contributed by atoms with van der Waals surface area (Å²) >= 11 is 0. The summed E-state index contributed by atoms with van der Waals surface area (Å²) in [6, 6.07) is 13.4. The molecular weight excluding hydrogens is 611 g/mol. The Bertz CT molecular complexity index is 2030. The number of fused-ring (bicyclic) bond motifs is 2. The molecule has 1 unspecified atom stereocenters. The Hall–Kier alpha value is -5.34. The van der Waals surface area contributed by atoms with Gasteiger partial charge in [-0.1, -0.05) is 24.0 Å². The minimum absolute atomic E-state index is 0.196. The molecule has 10 nitrogen and oxygen atoms in total. The van der Waals surface area contributed by atoms with Crippen molar-refractivity contribution in [3.8, 4) is 11.8 Å². The maximum atomic E-state index is 15.0. The van der Waals surface area contributed by atoms with Crippen molar-refractivity contribution >= 4 is 40.3 Å². The number of aromatic amines is 1. The number of aryl methyl sites for hydroxylation is 1. The van der Waals surface area contributed by atoms with E-state index in [0.29, 0.717) is 54.2 Å². The zero-order valence-electron chi connectivity index (χ0n) is 26.6. The fourth-order valence-corrected chi connectivity index (χ4v) is 6.91. The second kappa shape index (κ2) is 13.0. The molecule has 48 heavy (non-hydrogen) atoms. The van der Waals surface area contributed by atoms with Crippen LogP contribution in [0.4, 0.5) is 10.2 Å². The van der Waals surface area contributed by atoms with Gasteiger partial charge in [0.1, 0.15) is 17.7 Å². The topological polar surface area (TPSA) is 128 Å². The van der Waals surface area contributed by atoms with Crippen LogP contribution in [0.5, 0.6) is 0 Å². The molecular formula is C37H35FN6O4. The Morgan fingerprint density at radius 1 is 1.10 bits per heavy atom. The maximum absolute atomic E-state index is 15.0. The molecule has 244 valence electrons. The molecule has 7 rings (SSSR count). The Balaban J connectivity index is 0.939. The van der Waals surface area contributed by atoms with Crippen molar-refractivity contribution in [3.63, 3.8) is 0 Å². The van der Waals surface area contributed by atoms with Crippen LogP contribution in [0.3, 0.4) is 0 Å². The van der Waals surface area contributed by atoms with Crippen molar-refractivity contribution in [2.24, 2.45) is 0 Å². The lowest BCUT2D eigenvalue weighted by molar-refractivity contribution is -0.136. The van der Waals surface area contributed by atoms with E-state index in [1.807, 2.05) is 6.07 Å². The molecule has 0 aliphatic carbocycles. The molecule has 4 aromatic rings. The van der Waals surface area contributed by atoms with Crippen LogP contribution in [0.15, 0.2) is 54.7 Å². The lowest BCUT2D eigenvalue weighted by Crippen LogP contribution is -2.52. The van der Waals surface area contributed by atoms with Gasteiger partial charge in [0.2, 0.25) is 11.8 Å². The van der Waals surface area contributed by atoms with Crippen molar-refractivity contribution in [2.75, 3.05) is 18.9 Å². The Morgan fingerprint density at radius 2 is 1.98 bits per heavy atom. The standard InChI is InChI=1S/C37H35FN6O4/c1-43-16-6-11-31(43)30-18-25-20-39-33(19-29(25)40-30)41-35(46)24-13-12-23(28(38)17-24)8-4-2-3-7-22-9-5-10-26-27(22)21-44(37(26)48)32-14-15-34(45)42-36(32)47/h5,9-10,12-13,17-20,31-32,40H,2,4,6,8,11,14-16,21H2,1H3,(H,39,41,46)(H,42,45,47)/t31-,32?/m1/s1. The molecule has 3 aliphatic rings. The van der Waals surface area contributed by atoms with E-state index in [1.54, 1.807) is 36.5 Å². The molecule has 2 atom stereocenters. The predicted molar refractivity (Wildman–Crippen MR) is 177 cm³/mol. The van der Waals surface area contributed by atoms with Gasteiger partial charge in [-0.05, 0) is 87.2 Å². The number of imide groups is 1. The van der Waals surface area contributed by atoms with Crippen molar-refractivity contribution < 1.29 is 23.6 Å². The Morgan fingerprint density at radius 3 is 2.77 bits per heavy atom. The molecule has 0 radical (unpaired) electrons. The molecule has 3 aliphatic heterocycles. The maximum Gasteiger partial charge on any atom is 0.256 e. The summed E-state index contributed by atoms with van der Waals surface area (Å²) in [5.41, 5.74) is 4.72. The molecule has 4 amide bonds. The van der Waals surface area contributed by atoms with Crippen molar-refractivity contribution in [3.05, 3.63) is 94.1 Å². The number of halogens is 1. The predicted octanol–water partition coefficient (Wildman–Crippen LogP) is 4.86. The molecule has 11 heteroatoms. The zero-order valence-corrected chi connectivity index (χ0v) is 26.6. The van der Waals surface area contributed by atoms with E-state index in [0.717, 1.165) is 41.5 Å². The molecule has 0 bridgehead atoms. The highest BCUT2D eigenvalue weighted by atomic mass is 19.1. The summed E-state index contributed by atoms with van der Waals surface area (Å²) in [5, 5.41) is 6.07. The third kappa shape index (κ3) is 6.19. The number of nitrogens with one attached hydrogen (secondary N) is 3. The van der Waals surface area contributed by atoms with Crippen LogP contribution < -0.4 is 10.6 Å².